The van der Waals surface area contributed by atoms with Crippen molar-refractivity contribution in [3.8, 4) is 0 Å². The van der Waals surface area contributed by atoms with Crippen molar-refractivity contribution in [2.75, 3.05) is 5.88 Å². The number of benzene rings is 1. The molecule has 78 valence electrons. The summed E-state index contributed by atoms with van der Waals surface area (Å²) in [6, 6.07) is 5.24. The summed E-state index contributed by atoms with van der Waals surface area (Å²) in [5.74, 6) is 0.537. The van der Waals surface area contributed by atoms with E-state index in [0.29, 0.717) is 27.9 Å². The third-order valence-electron chi connectivity index (χ3n) is 1.95. The Balaban J connectivity index is 2.79. The van der Waals surface area contributed by atoms with Crippen LogP contribution in [0.4, 0.5) is 0 Å². The second-order valence-electron chi connectivity index (χ2n) is 2.99. The van der Waals surface area contributed by atoms with Gasteiger partial charge in [0.15, 0.2) is 0 Å². The Bertz CT molecular complexity index is 301. The first kappa shape index (κ1) is 12.1. The predicted octanol–water partition coefficient (Wildman–Crippen LogP) is 4.05. The molecule has 0 spiro atoms. The van der Waals surface area contributed by atoms with Crippen molar-refractivity contribution >= 4 is 34.8 Å². The Morgan fingerprint density at radius 2 is 2.00 bits per heavy atom. The van der Waals surface area contributed by atoms with Gasteiger partial charge >= 0.3 is 0 Å². The van der Waals surface area contributed by atoms with E-state index < -0.39 is 6.10 Å². The van der Waals surface area contributed by atoms with Gasteiger partial charge < -0.3 is 5.11 Å². The third kappa shape index (κ3) is 3.03. The molecule has 0 aliphatic heterocycles. The SMILES string of the molecule is OC(CCCCl)c1cccc(Cl)c1Cl. The lowest BCUT2D eigenvalue weighted by atomic mass is 10.1. The highest BCUT2D eigenvalue weighted by Crippen LogP contribution is 2.31. The fourth-order valence-electron chi connectivity index (χ4n) is 1.20. The molecule has 1 N–H and O–H groups in total. The van der Waals surface area contributed by atoms with Crippen molar-refractivity contribution in [1.82, 2.24) is 0 Å². The average Bonchev–Trinajstić information content (AvgIpc) is 2.18. The summed E-state index contributed by atoms with van der Waals surface area (Å²) in [5, 5.41) is 10.6. The maximum Gasteiger partial charge on any atom is 0.0805 e. The van der Waals surface area contributed by atoms with E-state index in [4.69, 9.17) is 34.8 Å². The van der Waals surface area contributed by atoms with Gasteiger partial charge in [-0.25, -0.2) is 0 Å². The Kier molecular flexibility index (Phi) is 5.04. The van der Waals surface area contributed by atoms with Crippen molar-refractivity contribution in [2.45, 2.75) is 18.9 Å². The maximum atomic E-state index is 9.76. The molecule has 1 rings (SSSR count). The number of alkyl halides is 1. The van der Waals surface area contributed by atoms with E-state index in [1.165, 1.54) is 0 Å². The van der Waals surface area contributed by atoms with Crippen molar-refractivity contribution < 1.29 is 5.11 Å². The van der Waals surface area contributed by atoms with Crippen LogP contribution in [0.2, 0.25) is 10.0 Å². The first-order valence-electron chi connectivity index (χ1n) is 4.34. The van der Waals surface area contributed by atoms with Crippen LogP contribution in [-0.2, 0) is 0 Å². The highest BCUT2D eigenvalue weighted by molar-refractivity contribution is 6.42. The van der Waals surface area contributed by atoms with Crippen molar-refractivity contribution in [3.05, 3.63) is 33.8 Å². The molecule has 1 aromatic carbocycles. The number of aliphatic hydroxyl groups is 1. The van der Waals surface area contributed by atoms with Crippen LogP contribution in [0, 0.1) is 0 Å². The van der Waals surface area contributed by atoms with Crippen molar-refractivity contribution in [2.24, 2.45) is 0 Å². The van der Waals surface area contributed by atoms with Crippen LogP contribution in [0.1, 0.15) is 24.5 Å². The number of halogens is 3. The average molecular weight is 254 g/mol. The maximum absolute atomic E-state index is 9.76. The minimum Gasteiger partial charge on any atom is -0.388 e. The minimum atomic E-state index is -0.583. The summed E-state index contributed by atoms with van der Waals surface area (Å²) in [7, 11) is 0. The monoisotopic (exact) mass is 252 g/mol. The van der Waals surface area contributed by atoms with Gasteiger partial charge in [-0.05, 0) is 18.9 Å². The van der Waals surface area contributed by atoms with E-state index >= 15 is 0 Å². The fraction of sp³-hybridized carbons (Fsp3) is 0.400. The molecule has 0 aliphatic carbocycles. The molecule has 14 heavy (non-hydrogen) atoms. The number of rotatable bonds is 4. The summed E-state index contributed by atoms with van der Waals surface area (Å²) < 4.78 is 0. The Labute approximate surface area is 98.6 Å². The first-order chi connectivity index (χ1) is 6.66. The highest BCUT2D eigenvalue weighted by atomic mass is 35.5. The van der Waals surface area contributed by atoms with E-state index in [2.05, 4.69) is 0 Å². The van der Waals surface area contributed by atoms with Crippen LogP contribution in [0.15, 0.2) is 18.2 Å². The molecule has 0 fully saturated rings. The summed E-state index contributed by atoms with van der Waals surface area (Å²) in [4.78, 5) is 0. The Morgan fingerprint density at radius 3 is 2.64 bits per heavy atom. The molecule has 0 radical (unpaired) electrons. The topological polar surface area (TPSA) is 20.2 Å². The van der Waals surface area contributed by atoms with Gasteiger partial charge in [0.05, 0.1) is 16.1 Å². The summed E-state index contributed by atoms with van der Waals surface area (Å²) >= 11 is 17.3. The lowest BCUT2D eigenvalue weighted by Crippen LogP contribution is -1.98. The molecule has 0 amide bonds. The van der Waals surface area contributed by atoms with Crippen LogP contribution in [-0.4, -0.2) is 11.0 Å². The molecule has 1 atom stereocenters. The lowest BCUT2D eigenvalue weighted by molar-refractivity contribution is 0.167. The molecule has 0 saturated heterocycles. The van der Waals surface area contributed by atoms with Gasteiger partial charge in [0.2, 0.25) is 0 Å². The van der Waals surface area contributed by atoms with Gasteiger partial charge in [-0.3, -0.25) is 0 Å². The second-order valence-corrected chi connectivity index (χ2v) is 4.15. The van der Waals surface area contributed by atoms with Gasteiger partial charge in [-0.2, -0.15) is 0 Å². The number of hydrogen-bond donors (Lipinski definition) is 1. The lowest BCUT2D eigenvalue weighted by Gasteiger charge is -2.12. The summed E-state index contributed by atoms with van der Waals surface area (Å²) in [6.07, 6.45) is 0.773. The van der Waals surface area contributed by atoms with Gasteiger partial charge in [-0.1, -0.05) is 35.3 Å². The number of hydrogen-bond acceptors (Lipinski definition) is 1. The molecule has 0 saturated carbocycles. The zero-order chi connectivity index (χ0) is 10.6. The smallest absolute Gasteiger partial charge is 0.0805 e. The molecule has 0 aliphatic rings. The van der Waals surface area contributed by atoms with Crippen molar-refractivity contribution in [1.29, 1.82) is 0 Å². The molecule has 0 heterocycles. The van der Waals surface area contributed by atoms with E-state index in [1.807, 2.05) is 0 Å². The molecule has 4 heteroatoms. The standard InChI is InChI=1S/C10H11Cl3O/c11-6-2-5-9(14)7-3-1-4-8(12)10(7)13/h1,3-4,9,14H,2,5-6H2. The van der Waals surface area contributed by atoms with Crippen LogP contribution < -0.4 is 0 Å². The number of aliphatic hydroxyl groups excluding tert-OH is 1. The summed E-state index contributed by atoms with van der Waals surface area (Å²) in [6.45, 7) is 0. The van der Waals surface area contributed by atoms with E-state index in [0.717, 1.165) is 6.42 Å². The summed E-state index contributed by atoms with van der Waals surface area (Å²) in [5.41, 5.74) is 0.671. The fourth-order valence-corrected chi connectivity index (χ4v) is 1.79. The van der Waals surface area contributed by atoms with Crippen LogP contribution in [0.25, 0.3) is 0 Å². The normalized spacial score (nSPS) is 12.9. The van der Waals surface area contributed by atoms with Gasteiger partial charge in [-0.15, -0.1) is 11.6 Å². The molecule has 0 bridgehead atoms. The molecule has 1 unspecified atom stereocenters. The van der Waals surface area contributed by atoms with E-state index in [9.17, 15) is 5.11 Å². The van der Waals surface area contributed by atoms with E-state index in [1.54, 1.807) is 18.2 Å². The van der Waals surface area contributed by atoms with Crippen molar-refractivity contribution in [3.63, 3.8) is 0 Å². The van der Waals surface area contributed by atoms with Gasteiger partial charge in [0, 0.05) is 11.4 Å². The quantitative estimate of drug-likeness (QED) is 0.803. The molecule has 1 nitrogen and oxygen atoms in total. The third-order valence-corrected chi connectivity index (χ3v) is 3.05. The van der Waals surface area contributed by atoms with Gasteiger partial charge in [0.25, 0.3) is 0 Å². The molecular weight excluding hydrogens is 242 g/mol. The molecule has 1 aromatic rings. The minimum absolute atomic E-state index is 0.427. The highest BCUT2D eigenvalue weighted by Gasteiger charge is 2.12. The second kappa shape index (κ2) is 5.82. The zero-order valence-electron chi connectivity index (χ0n) is 7.51. The van der Waals surface area contributed by atoms with Crippen LogP contribution in [0.3, 0.4) is 0 Å². The largest absolute Gasteiger partial charge is 0.388 e. The Morgan fingerprint density at radius 1 is 1.29 bits per heavy atom. The predicted molar refractivity (Wildman–Crippen MR) is 61.4 cm³/mol. The first-order valence-corrected chi connectivity index (χ1v) is 5.63. The van der Waals surface area contributed by atoms with Gasteiger partial charge in [0.1, 0.15) is 0 Å². The molecule has 0 aromatic heterocycles. The Hall–Kier alpha value is 0.0500. The molecular formula is C10H11Cl3O. The zero-order valence-corrected chi connectivity index (χ0v) is 9.78. The van der Waals surface area contributed by atoms with Crippen LogP contribution in [0.5, 0.6) is 0 Å². The van der Waals surface area contributed by atoms with E-state index in [-0.39, 0.29) is 0 Å². The van der Waals surface area contributed by atoms with Crippen LogP contribution >= 0.6 is 34.8 Å².